The Labute approximate surface area is 88.4 Å². The molecule has 0 aromatic rings. The Morgan fingerprint density at radius 3 is 2.14 bits per heavy atom. The van der Waals surface area contributed by atoms with Crippen LogP contribution < -0.4 is 5.32 Å². The van der Waals surface area contributed by atoms with Crippen LogP contribution in [0.4, 0.5) is 0 Å². The van der Waals surface area contributed by atoms with Crippen LogP contribution in [0.5, 0.6) is 0 Å². The molecule has 0 atom stereocenters. The van der Waals surface area contributed by atoms with Crippen molar-refractivity contribution in [1.29, 1.82) is 0 Å². The zero-order valence-electron chi connectivity index (χ0n) is 10.1. The highest BCUT2D eigenvalue weighted by atomic mass is 16.5. The minimum atomic E-state index is 0.639. The van der Waals surface area contributed by atoms with Gasteiger partial charge in [0.1, 0.15) is 5.76 Å². The second-order valence-electron chi connectivity index (χ2n) is 2.56. The molecule has 14 heavy (non-hydrogen) atoms. The molecule has 0 amide bonds. The van der Waals surface area contributed by atoms with Gasteiger partial charge < -0.3 is 10.1 Å². The van der Waals surface area contributed by atoms with Crippen molar-refractivity contribution in [2.45, 2.75) is 27.7 Å². The van der Waals surface area contributed by atoms with Gasteiger partial charge in [0.05, 0.1) is 12.8 Å². The predicted octanol–water partition coefficient (Wildman–Crippen LogP) is 3.24. The first-order chi connectivity index (χ1) is 6.61. The molecule has 1 N–H and O–H groups in total. The molecule has 82 valence electrons. The smallest absolute Gasteiger partial charge is 0.134 e. The standard InChI is InChI=1S/C10H17NO.C2H6/c1-6-11-10(7-8(2)3)9(4)12-5;1-2/h7,11H,2,4,6H2,1,3,5H3;1-2H3/b10-7+;. The Hall–Kier alpha value is -1.18. The summed E-state index contributed by atoms with van der Waals surface area (Å²) in [6.07, 6.45) is 1.91. The maximum absolute atomic E-state index is 5.00. The molecule has 0 radical (unpaired) electrons. The molecular formula is C12H23NO. The lowest BCUT2D eigenvalue weighted by molar-refractivity contribution is 0.298. The zero-order chi connectivity index (χ0) is 11.6. The fourth-order valence-corrected chi connectivity index (χ4v) is 0.777. The summed E-state index contributed by atoms with van der Waals surface area (Å²) in [5.41, 5.74) is 1.87. The average Bonchev–Trinajstić information content (AvgIpc) is 2.18. The first-order valence-corrected chi connectivity index (χ1v) is 4.96. The van der Waals surface area contributed by atoms with Gasteiger partial charge in [0, 0.05) is 6.54 Å². The Morgan fingerprint density at radius 1 is 1.36 bits per heavy atom. The molecule has 0 bridgehead atoms. The molecule has 2 nitrogen and oxygen atoms in total. The van der Waals surface area contributed by atoms with Crippen molar-refractivity contribution >= 4 is 0 Å². The second kappa shape index (κ2) is 9.90. The number of likely N-dealkylation sites (N-methyl/N-ethyl adjacent to an activating group) is 1. The third kappa shape index (κ3) is 7.47. The quantitative estimate of drug-likeness (QED) is 0.539. The molecule has 0 saturated carbocycles. The van der Waals surface area contributed by atoms with Gasteiger partial charge in [0.15, 0.2) is 0 Å². The van der Waals surface area contributed by atoms with Crippen LogP contribution in [0.15, 0.2) is 36.3 Å². The van der Waals surface area contributed by atoms with E-state index in [2.05, 4.69) is 18.5 Å². The lowest BCUT2D eigenvalue weighted by Gasteiger charge is -2.10. The summed E-state index contributed by atoms with van der Waals surface area (Å²) in [7, 11) is 1.60. The average molecular weight is 197 g/mol. The summed E-state index contributed by atoms with van der Waals surface area (Å²) in [6, 6.07) is 0. The van der Waals surface area contributed by atoms with Gasteiger partial charge in [-0.2, -0.15) is 0 Å². The highest BCUT2D eigenvalue weighted by molar-refractivity contribution is 5.28. The third-order valence-electron chi connectivity index (χ3n) is 1.30. The molecule has 0 heterocycles. The van der Waals surface area contributed by atoms with Gasteiger partial charge in [-0.3, -0.25) is 0 Å². The molecular weight excluding hydrogens is 174 g/mol. The SMILES string of the molecule is C=C(C)/C=C(/NCC)C(=C)OC.CC. The minimum Gasteiger partial charge on any atom is -0.495 e. The van der Waals surface area contributed by atoms with Crippen LogP contribution in [0.2, 0.25) is 0 Å². The third-order valence-corrected chi connectivity index (χ3v) is 1.30. The molecule has 0 saturated heterocycles. The summed E-state index contributed by atoms with van der Waals surface area (Å²) in [5, 5.41) is 3.14. The molecule has 0 rings (SSSR count). The predicted molar refractivity (Wildman–Crippen MR) is 64.1 cm³/mol. The van der Waals surface area contributed by atoms with E-state index < -0.39 is 0 Å². The van der Waals surface area contributed by atoms with E-state index in [1.807, 2.05) is 33.8 Å². The van der Waals surface area contributed by atoms with Crippen molar-refractivity contribution in [1.82, 2.24) is 5.32 Å². The molecule has 0 aliphatic rings. The highest BCUT2D eigenvalue weighted by Crippen LogP contribution is 2.07. The summed E-state index contributed by atoms with van der Waals surface area (Å²) in [4.78, 5) is 0. The number of hydrogen-bond acceptors (Lipinski definition) is 2. The first-order valence-electron chi connectivity index (χ1n) is 4.96. The van der Waals surface area contributed by atoms with Crippen LogP contribution in [0.1, 0.15) is 27.7 Å². The van der Waals surface area contributed by atoms with Gasteiger partial charge in [0.25, 0.3) is 0 Å². The Balaban J connectivity index is 0. The van der Waals surface area contributed by atoms with E-state index in [9.17, 15) is 0 Å². The topological polar surface area (TPSA) is 21.3 Å². The van der Waals surface area contributed by atoms with E-state index in [-0.39, 0.29) is 0 Å². The minimum absolute atomic E-state index is 0.639. The molecule has 0 aromatic carbocycles. The van der Waals surface area contributed by atoms with Crippen molar-refractivity contribution in [2.24, 2.45) is 0 Å². The van der Waals surface area contributed by atoms with Crippen molar-refractivity contribution in [3.63, 3.8) is 0 Å². The summed E-state index contributed by atoms with van der Waals surface area (Å²) in [6.45, 7) is 16.3. The fourth-order valence-electron chi connectivity index (χ4n) is 0.777. The zero-order valence-corrected chi connectivity index (χ0v) is 10.1. The van der Waals surface area contributed by atoms with Crippen LogP contribution in [0, 0.1) is 0 Å². The number of allylic oxidation sites excluding steroid dienone is 2. The maximum Gasteiger partial charge on any atom is 0.134 e. The molecule has 0 aromatic heterocycles. The van der Waals surface area contributed by atoms with Crippen LogP contribution in [0.25, 0.3) is 0 Å². The number of hydrogen-bond donors (Lipinski definition) is 1. The van der Waals surface area contributed by atoms with E-state index in [0.29, 0.717) is 5.76 Å². The monoisotopic (exact) mass is 197 g/mol. The van der Waals surface area contributed by atoms with E-state index >= 15 is 0 Å². The van der Waals surface area contributed by atoms with E-state index in [1.165, 1.54) is 0 Å². The number of methoxy groups -OCH3 is 1. The van der Waals surface area contributed by atoms with E-state index in [1.54, 1.807) is 7.11 Å². The van der Waals surface area contributed by atoms with Gasteiger partial charge in [0.2, 0.25) is 0 Å². The van der Waals surface area contributed by atoms with Crippen LogP contribution in [0.3, 0.4) is 0 Å². The lowest BCUT2D eigenvalue weighted by atomic mass is 10.2. The van der Waals surface area contributed by atoms with Crippen LogP contribution >= 0.6 is 0 Å². The van der Waals surface area contributed by atoms with Crippen LogP contribution in [-0.4, -0.2) is 13.7 Å². The molecule has 0 aliphatic heterocycles. The van der Waals surface area contributed by atoms with Crippen molar-refractivity contribution in [3.05, 3.63) is 36.3 Å². The van der Waals surface area contributed by atoms with Gasteiger partial charge in [-0.15, -0.1) is 0 Å². The summed E-state index contributed by atoms with van der Waals surface area (Å²) >= 11 is 0. The fraction of sp³-hybridized carbons (Fsp3) is 0.500. The van der Waals surface area contributed by atoms with E-state index in [4.69, 9.17) is 4.74 Å². The van der Waals surface area contributed by atoms with Gasteiger partial charge in [-0.25, -0.2) is 0 Å². The van der Waals surface area contributed by atoms with Crippen LogP contribution in [-0.2, 0) is 4.74 Å². The Morgan fingerprint density at radius 2 is 1.86 bits per heavy atom. The molecule has 0 aliphatic carbocycles. The molecule has 2 heteroatoms. The molecule has 0 unspecified atom stereocenters. The van der Waals surface area contributed by atoms with Gasteiger partial charge in [-0.1, -0.05) is 32.6 Å². The van der Waals surface area contributed by atoms with Gasteiger partial charge in [-0.05, 0) is 19.9 Å². The normalized spacial score (nSPS) is 9.64. The Bertz CT molecular complexity index is 204. The lowest BCUT2D eigenvalue weighted by Crippen LogP contribution is -2.14. The largest absolute Gasteiger partial charge is 0.495 e. The van der Waals surface area contributed by atoms with Crippen molar-refractivity contribution < 1.29 is 4.74 Å². The summed E-state index contributed by atoms with van der Waals surface area (Å²) < 4.78 is 5.00. The van der Waals surface area contributed by atoms with Crippen molar-refractivity contribution in [2.75, 3.05) is 13.7 Å². The van der Waals surface area contributed by atoms with Gasteiger partial charge >= 0.3 is 0 Å². The molecule has 0 fully saturated rings. The first kappa shape index (κ1) is 15.3. The maximum atomic E-state index is 5.00. The Kier molecular flexibility index (Phi) is 10.8. The number of nitrogens with one attached hydrogen (secondary N) is 1. The number of rotatable bonds is 5. The van der Waals surface area contributed by atoms with Crippen molar-refractivity contribution in [3.8, 4) is 0 Å². The molecule has 0 spiro atoms. The highest BCUT2D eigenvalue weighted by Gasteiger charge is 1.99. The summed E-state index contributed by atoms with van der Waals surface area (Å²) in [5.74, 6) is 0.639. The number of ether oxygens (including phenoxy) is 1. The van der Waals surface area contributed by atoms with E-state index in [0.717, 1.165) is 17.8 Å². The second-order valence-corrected chi connectivity index (χ2v) is 2.56.